The first-order valence-corrected chi connectivity index (χ1v) is 13.1. The summed E-state index contributed by atoms with van der Waals surface area (Å²) in [6, 6.07) is 26.7. The summed E-state index contributed by atoms with van der Waals surface area (Å²) < 4.78 is 10.7. The summed E-state index contributed by atoms with van der Waals surface area (Å²) in [6.45, 7) is 0. The van der Waals surface area contributed by atoms with E-state index in [9.17, 15) is 9.59 Å². The van der Waals surface area contributed by atoms with Crippen LogP contribution in [0.25, 0.3) is 0 Å². The zero-order valence-electron chi connectivity index (χ0n) is 20.5. The number of methoxy groups -OCH3 is 2. The van der Waals surface area contributed by atoms with Crippen molar-refractivity contribution in [3.63, 3.8) is 0 Å². The lowest BCUT2D eigenvalue weighted by Gasteiger charge is -2.19. The van der Waals surface area contributed by atoms with Gasteiger partial charge in [0.1, 0.15) is 16.7 Å². The Balaban J connectivity index is 1.58. The second-order valence-electron chi connectivity index (χ2n) is 8.08. The van der Waals surface area contributed by atoms with Gasteiger partial charge in [0.25, 0.3) is 5.91 Å². The lowest BCUT2D eigenvalue weighted by molar-refractivity contribution is -0.115. The molecule has 2 N–H and O–H groups in total. The Morgan fingerprint density at radius 2 is 1.53 bits per heavy atom. The fourth-order valence-corrected chi connectivity index (χ4v) is 5.19. The zero-order chi connectivity index (χ0) is 27.1. The smallest absolute Gasteiger partial charge is 0.255 e. The molecule has 194 valence electrons. The fraction of sp³-hybridized carbons (Fsp3) is 0.103. The van der Waals surface area contributed by atoms with Crippen LogP contribution in [0.15, 0.2) is 95.9 Å². The summed E-state index contributed by atoms with van der Waals surface area (Å²) in [5.41, 5.74) is 2.27. The minimum Gasteiger partial charge on any atom is -0.495 e. The summed E-state index contributed by atoms with van der Waals surface area (Å²) in [5, 5.41) is 6.04. The summed E-state index contributed by atoms with van der Waals surface area (Å²) in [6.07, 6.45) is 0. The first kappa shape index (κ1) is 27.4. The van der Waals surface area contributed by atoms with Crippen molar-refractivity contribution in [3.05, 3.63) is 112 Å². The summed E-state index contributed by atoms with van der Waals surface area (Å²) in [7, 11) is 3.01. The van der Waals surface area contributed by atoms with Crippen molar-refractivity contribution in [2.75, 3.05) is 24.9 Å². The number of hydrogen-bond acceptors (Lipinski definition) is 5. The number of halogens is 2. The molecule has 6 nitrogen and oxygen atoms in total. The monoisotopic (exact) mass is 566 g/mol. The summed E-state index contributed by atoms with van der Waals surface area (Å²) >= 11 is 13.7. The average molecular weight is 567 g/mol. The number of carbonyl (C=O) groups excluding carboxylic acids is 2. The summed E-state index contributed by atoms with van der Waals surface area (Å²) in [4.78, 5) is 27.1. The lowest BCUT2D eigenvalue weighted by Crippen LogP contribution is -2.19. The third-order valence-corrected chi connectivity index (χ3v) is 7.28. The van der Waals surface area contributed by atoms with E-state index in [1.807, 2.05) is 48.5 Å². The van der Waals surface area contributed by atoms with Crippen LogP contribution >= 0.6 is 35.0 Å². The maximum absolute atomic E-state index is 13.6. The molecule has 0 bridgehead atoms. The van der Waals surface area contributed by atoms with Gasteiger partial charge in [-0.3, -0.25) is 9.59 Å². The highest BCUT2D eigenvalue weighted by atomic mass is 35.5. The van der Waals surface area contributed by atoms with E-state index in [1.54, 1.807) is 42.5 Å². The predicted molar refractivity (Wildman–Crippen MR) is 154 cm³/mol. The number of thioether (sulfide) groups is 1. The van der Waals surface area contributed by atoms with Crippen molar-refractivity contribution in [3.8, 4) is 11.5 Å². The standard InChI is InChI=1S/C29H24Cl2N2O4S/c1-36-25-17-26(37-2)24(16-23(25)31)33-29(35)27(18-8-4-3-5-9-18)38-22-13-7-12-21(15-22)32-28(34)19-10-6-11-20(30)14-19/h3-17,27H,1-2H3,(H,32,34)(H,33,35). The number of carbonyl (C=O) groups is 2. The molecule has 38 heavy (non-hydrogen) atoms. The topological polar surface area (TPSA) is 76.7 Å². The lowest BCUT2D eigenvalue weighted by atomic mass is 10.1. The largest absolute Gasteiger partial charge is 0.495 e. The van der Waals surface area contributed by atoms with Crippen LogP contribution in [0.5, 0.6) is 11.5 Å². The second-order valence-corrected chi connectivity index (χ2v) is 10.1. The Kier molecular flexibility index (Phi) is 9.18. The average Bonchev–Trinajstić information content (AvgIpc) is 2.92. The first-order chi connectivity index (χ1) is 18.4. The Morgan fingerprint density at radius 1 is 0.789 bits per heavy atom. The van der Waals surface area contributed by atoms with E-state index >= 15 is 0 Å². The van der Waals surface area contributed by atoms with Crippen LogP contribution in [0.2, 0.25) is 10.0 Å². The highest BCUT2D eigenvalue weighted by Crippen LogP contribution is 2.40. The van der Waals surface area contributed by atoms with Crippen LogP contribution in [0, 0.1) is 0 Å². The van der Waals surface area contributed by atoms with Gasteiger partial charge in [-0.2, -0.15) is 0 Å². The van der Waals surface area contributed by atoms with E-state index in [1.165, 1.54) is 26.0 Å². The van der Waals surface area contributed by atoms with E-state index < -0.39 is 5.25 Å². The molecule has 0 radical (unpaired) electrons. The molecule has 2 amide bonds. The van der Waals surface area contributed by atoms with E-state index in [0.717, 1.165) is 10.5 Å². The Hall–Kier alpha value is -3.65. The molecule has 4 rings (SSSR count). The molecule has 0 spiro atoms. The first-order valence-electron chi connectivity index (χ1n) is 11.5. The zero-order valence-corrected chi connectivity index (χ0v) is 22.9. The Bertz CT molecular complexity index is 1450. The molecule has 0 aliphatic heterocycles. The molecule has 0 saturated heterocycles. The molecular formula is C29H24Cl2N2O4S. The van der Waals surface area contributed by atoms with E-state index in [2.05, 4.69) is 10.6 Å². The van der Waals surface area contributed by atoms with E-state index in [4.69, 9.17) is 32.7 Å². The molecule has 0 aliphatic rings. The van der Waals surface area contributed by atoms with Gasteiger partial charge in [0, 0.05) is 27.2 Å². The molecular weight excluding hydrogens is 543 g/mol. The third kappa shape index (κ3) is 6.81. The van der Waals surface area contributed by atoms with Crippen molar-refractivity contribution in [1.82, 2.24) is 0 Å². The molecule has 0 fully saturated rings. The predicted octanol–water partition coefficient (Wildman–Crippen LogP) is 7.74. The van der Waals surface area contributed by atoms with E-state index in [0.29, 0.717) is 38.5 Å². The van der Waals surface area contributed by atoms with Crippen LogP contribution in [0.4, 0.5) is 11.4 Å². The number of benzene rings is 4. The summed E-state index contributed by atoms with van der Waals surface area (Å²) in [5.74, 6) is 0.304. The van der Waals surface area contributed by atoms with Gasteiger partial charge in [-0.25, -0.2) is 0 Å². The van der Waals surface area contributed by atoms with Gasteiger partial charge in [-0.1, -0.05) is 65.7 Å². The maximum Gasteiger partial charge on any atom is 0.255 e. The third-order valence-electron chi connectivity index (χ3n) is 5.50. The highest BCUT2D eigenvalue weighted by molar-refractivity contribution is 8.00. The molecule has 0 saturated carbocycles. The van der Waals surface area contributed by atoms with Crippen molar-refractivity contribution >= 4 is 58.2 Å². The normalized spacial score (nSPS) is 11.4. The van der Waals surface area contributed by atoms with Gasteiger partial charge in [0.05, 0.1) is 24.9 Å². The Labute approximate surface area is 235 Å². The quantitative estimate of drug-likeness (QED) is 0.203. The molecule has 0 aromatic heterocycles. The van der Waals surface area contributed by atoms with Crippen LogP contribution in [-0.2, 0) is 4.79 Å². The number of hydrogen-bond donors (Lipinski definition) is 2. The number of rotatable bonds is 9. The Morgan fingerprint density at radius 3 is 2.24 bits per heavy atom. The molecule has 1 unspecified atom stereocenters. The number of amides is 2. The molecule has 0 heterocycles. The molecule has 9 heteroatoms. The molecule has 4 aromatic carbocycles. The van der Waals surface area contributed by atoms with Crippen LogP contribution in [-0.4, -0.2) is 26.0 Å². The molecule has 4 aromatic rings. The number of anilines is 2. The van der Waals surface area contributed by atoms with Crippen molar-refractivity contribution < 1.29 is 19.1 Å². The minimum absolute atomic E-state index is 0.269. The van der Waals surface area contributed by atoms with Gasteiger partial charge in [0.15, 0.2) is 0 Å². The van der Waals surface area contributed by atoms with Crippen molar-refractivity contribution in [2.24, 2.45) is 0 Å². The SMILES string of the molecule is COc1cc(OC)c(NC(=O)C(Sc2cccc(NC(=O)c3cccc(Cl)c3)c2)c2ccccc2)cc1Cl. The van der Waals surface area contributed by atoms with Crippen molar-refractivity contribution in [1.29, 1.82) is 0 Å². The maximum atomic E-state index is 13.6. The molecule has 1 atom stereocenters. The van der Waals surface area contributed by atoms with Crippen LogP contribution in [0.3, 0.4) is 0 Å². The van der Waals surface area contributed by atoms with Gasteiger partial charge in [-0.05, 0) is 48.0 Å². The molecule has 0 aliphatic carbocycles. The van der Waals surface area contributed by atoms with Gasteiger partial charge in [-0.15, -0.1) is 11.8 Å². The van der Waals surface area contributed by atoms with Crippen molar-refractivity contribution in [2.45, 2.75) is 10.1 Å². The van der Waals surface area contributed by atoms with Gasteiger partial charge < -0.3 is 20.1 Å². The minimum atomic E-state index is -0.610. The van der Waals surface area contributed by atoms with Crippen LogP contribution in [0.1, 0.15) is 21.2 Å². The second kappa shape index (κ2) is 12.7. The van der Waals surface area contributed by atoms with Gasteiger partial charge >= 0.3 is 0 Å². The number of ether oxygens (including phenoxy) is 2. The van der Waals surface area contributed by atoms with Crippen LogP contribution < -0.4 is 20.1 Å². The van der Waals surface area contributed by atoms with Gasteiger partial charge in [0.2, 0.25) is 5.91 Å². The number of nitrogens with one attached hydrogen (secondary N) is 2. The highest BCUT2D eigenvalue weighted by Gasteiger charge is 2.24. The van der Waals surface area contributed by atoms with E-state index in [-0.39, 0.29) is 11.8 Å². The fourth-order valence-electron chi connectivity index (χ4n) is 3.67.